The predicted octanol–water partition coefficient (Wildman–Crippen LogP) is 1.71. The number of aryl methyl sites for hydroxylation is 1. The number of hydrogen-bond acceptors (Lipinski definition) is 3. The van der Waals surface area contributed by atoms with Gasteiger partial charge in [-0.05, 0) is 41.1 Å². The van der Waals surface area contributed by atoms with E-state index in [-0.39, 0.29) is 12.2 Å². The summed E-state index contributed by atoms with van der Waals surface area (Å²) in [5.41, 5.74) is 1.94. The molecule has 0 heterocycles. The van der Waals surface area contributed by atoms with Crippen molar-refractivity contribution >= 4 is 28.4 Å². The van der Waals surface area contributed by atoms with Crippen molar-refractivity contribution in [1.82, 2.24) is 0 Å². The number of hydrogen-bond donors (Lipinski definition) is 1. The standard InChI is InChI=1S/C11H13IO3/c1-7-3-8(4-9(14)6-13)11(15-2)5-10(7)12/h3,5,13H,4,6H2,1-2H3. The van der Waals surface area contributed by atoms with Crippen molar-refractivity contribution in [1.29, 1.82) is 0 Å². The van der Waals surface area contributed by atoms with Crippen LogP contribution in [0, 0.1) is 10.5 Å². The fourth-order valence-corrected chi connectivity index (χ4v) is 1.76. The van der Waals surface area contributed by atoms with E-state index < -0.39 is 6.61 Å². The van der Waals surface area contributed by atoms with Crippen LogP contribution in [0.15, 0.2) is 12.1 Å². The van der Waals surface area contributed by atoms with E-state index in [9.17, 15) is 4.79 Å². The monoisotopic (exact) mass is 320 g/mol. The molecule has 1 rings (SSSR count). The van der Waals surface area contributed by atoms with Crippen LogP contribution in [0.2, 0.25) is 0 Å². The summed E-state index contributed by atoms with van der Waals surface area (Å²) in [4.78, 5) is 11.1. The van der Waals surface area contributed by atoms with Crippen LogP contribution in [0.5, 0.6) is 5.75 Å². The molecule has 82 valence electrons. The molecule has 0 saturated carbocycles. The number of aliphatic hydroxyl groups excluding tert-OH is 1. The van der Waals surface area contributed by atoms with Crippen molar-refractivity contribution in [2.24, 2.45) is 0 Å². The Bertz CT molecular complexity index is 374. The lowest BCUT2D eigenvalue weighted by molar-refractivity contribution is -0.121. The molecule has 0 aliphatic heterocycles. The Hall–Kier alpha value is -0.620. The second-order valence-electron chi connectivity index (χ2n) is 3.29. The summed E-state index contributed by atoms with van der Waals surface area (Å²) in [6.07, 6.45) is 0.220. The number of ketones is 1. The lowest BCUT2D eigenvalue weighted by Gasteiger charge is -2.10. The van der Waals surface area contributed by atoms with Crippen molar-refractivity contribution in [2.45, 2.75) is 13.3 Å². The van der Waals surface area contributed by atoms with Gasteiger partial charge in [0.05, 0.1) is 7.11 Å². The van der Waals surface area contributed by atoms with Gasteiger partial charge in [0.25, 0.3) is 0 Å². The second-order valence-corrected chi connectivity index (χ2v) is 4.45. The number of aliphatic hydroxyl groups is 1. The van der Waals surface area contributed by atoms with Gasteiger partial charge in [-0.15, -0.1) is 0 Å². The van der Waals surface area contributed by atoms with Crippen LogP contribution in [0.1, 0.15) is 11.1 Å². The maximum absolute atomic E-state index is 11.1. The zero-order valence-corrected chi connectivity index (χ0v) is 10.9. The zero-order valence-electron chi connectivity index (χ0n) is 8.71. The first kappa shape index (κ1) is 12.4. The van der Waals surface area contributed by atoms with Gasteiger partial charge in [0.2, 0.25) is 0 Å². The lowest BCUT2D eigenvalue weighted by atomic mass is 10.1. The van der Waals surface area contributed by atoms with E-state index >= 15 is 0 Å². The minimum Gasteiger partial charge on any atom is -0.496 e. The van der Waals surface area contributed by atoms with Crippen molar-refractivity contribution in [3.05, 3.63) is 26.8 Å². The number of ether oxygens (including phenoxy) is 1. The van der Waals surface area contributed by atoms with Crippen LogP contribution in [-0.2, 0) is 11.2 Å². The van der Waals surface area contributed by atoms with Crippen LogP contribution < -0.4 is 4.74 Å². The Balaban J connectivity index is 3.05. The van der Waals surface area contributed by atoms with Gasteiger partial charge >= 0.3 is 0 Å². The highest BCUT2D eigenvalue weighted by atomic mass is 127. The highest BCUT2D eigenvalue weighted by Crippen LogP contribution is 2.25. The average molecular weight is 320 g/mol. The van der Waals surface area contributed by atoms with E-state index in [2.05, 4.69) is 22.6 Å². The summed E-state index contributed by atoms with van der Waals surface area (Å²) in [6, 6.07) is 3.82. The molecule has 0 bridgehead atoms. The number of carbonyl (C=O) groups excluding carboxylic acids is 1. The summed E-state index contributed by atoms with van der Waals surface area (Å²) < 4.78 is 6.29. The number of carbonyl (C=O) groups is 1. The fraction of sp³-hybridized carbons (Fsp3) is 0.364. The molecule has 0 fully saturated rings. The van der Waals surface area contributed by atoms with Gasteiger partial charge in [0, 0.05) is 15.6 Å². The minimum absolute atomic E-state index is 0.200. The van der Waals surface area contributed by atoms with E-state index in [0.29, 0.717) is 5.75 Å². The van der Waals surface area contributed by atoms with Crippen molar-refractivity contribution < 1.29 is 14.6 Å². The van der Waals surface area contributed by atoms with Gasteiger partial charge < -0.3 is 9.84 Å². The lowest BCUT2D eigenvalue weighted by Crippen LogP contribution is -2.08. The quantitative estimate of drug-likeness (QED) is 0.859. The third-order valence-corrected chi connectivity index (χ3v) is 3.29. The van der Waals surface area contributed by atoms with Gasteiger partial charge in [0.15, 0.2) is 5.78 Å². The molecule has 0 radical (unpaired) electrons. The van der Waals surface area contributed by atoms with Crippen LogP contribution in [0.3, 0.4) is 0 Å². The summed E-state index contributed by atoms with van der Waals surface area (Å²) in [5.74, 6) is 0.501. The number of methoxy groups -OCH3 is 1. The van der Waals surface area contributed by atoms with Crippen molar-refractivity contribution in [2.75, 3.05) is 13.7 Å². The summed E-state index contributed by atoms with van der Waals surface area (Å²) in [6.45, 7) is 1.56. The third-order valence-electron chi connectivity index (χ3n) is 2.13. The summed E-state index contributed by atoms with van der Waals surface area (Å²) >= 11 is 2.22. The Morgan fingerprint density at radius 3 is 2.73 bits per heavy atom. The van der Waals surface area contributed by atoms with Crippen molar-refractivity contribution in [3.8, 4) is 5.75 Å². The normalized spacial score (nSPS) is 10.1. The molecular formula is C11H13IO3. The van der Waals surface area contributed by atoms with Crippen LogP contribution in [0.25, 0.3) is 0 Å². The Kier molecular flexibility index (Phi) is 4.53. The SMILES string of the molecule is COc1cc(I)c(C)cc1CC(=O)CO. The van der Waals surface area contributed by atoms with Gasteiger partial charge in [-0.2, -0.15) is 0 Å². The molecule has 4 heteroatoms. The molecule has 0 atom stereocenters. The fourth-order valence-electron chi connectivity index (χ4n) is 1.32. The van der Waals surface area contributed by atoms with E-state index in [4.69, 9.17) is 9.84 Å². The highest BCUT2D eigenvalue weighted by Gasteiger charge is 2.10. The summed E-state index contributed by atoms with van der Waals surface area (Å²) in [5, 5.41) is 8.69. The van der Waals surface area contributed by atoms with E-state index in [1.807, 2.05) is 19.1 Å². The van der Waals surface area contributed by atoms with Crippen LogP contribution in [-0.4, -0.2) is 24.6 Å². The van der Waals surface area contributed by atoms with Gasteiger partial charge in [-0.1, -0.05) is 6.07 Å². The first-order chi connectivity index (χ1) is 7.08. The number of halogens is 1. The van der Waals surface area contributed by atoms with Crippen molar-refractivity contribution in [3.63, 3.8) is 0 Å². The van der Waals surface area contributed by atoms with E-state index in [1.54, 1.807) is 7.11 Å². The van der Waals surface area contributed by atoms with Crippen LogP contribution >= 0.6 is 22.6 Å². The number of Topliss-reactive ketones (excluding diaryl/α,β-unsaturated/α-hetero) is 1. The molecule has 15 heavy (non-hydrogen) atoms. The molecule has 0 spiro atoms. The predicted molar refractivity (Wildman–Crippen MR) is 66.2 cm³/mol. The van der Waals surface area contributed by atoms with Gasteiger partial charge in [0.1, 0.15) is 12.4 Å². The molecule has 1 N–H and O–H groups in total. The largest absolute Gasteiger partial charge is 0.496 e. The molecule has 0 aromatic heterocycles. The molecule has 0 aliphatic carbocycles. The van der Waals surface area contributed by atoms with E-state index in [1.165, 1.54) is 0 Å². The smallest absolute Gasteiger partial charge is 0.162 e. The molecule has 0 unspecified atom stereocenters. The molecule has 3 nitrogen and oxygen atoms in total. The molecule has 1 aromatic rings. The van der Waals surface area contributed by atoms with E-state index in [0.717, 1.165) is 14.7 Å². The Labute approximate surface area is 103 Å². The highest BCUT2D eigenvalue weighted by molar-refractivity contribution is 14.1. The Morgan fingerprint density at radius 2 is 2.20 bits per heavy atom. The topological polar surface area (TPSA) is 46.5 Å². The average Bonchev–Trinajstić information content (AvgIpc) is 2.22. The molecule has 0 aliphatic rings. The molecule has 1 aromatic carbocycles. The minimum atomic E-state index is -0.422. The maximum Gasteiger partial charge on any atom is 0.162 e. The number of rotatable bonds is 4. The Morgan fingerprint density at radius 1 is 1.53 bits per heavy atom. The first-order valence-corrected chi connectivity index (χ1v) is 5.62. The molecular weight excluding hydrogens is 307 g/mol. The maximum atomic E-state index is 11.1. The molecule has 0 amide bonds. The molecule has 0 saturated heterocycles. The number of benzene rings is 1. The van der Waals surface area contributed by atoms with Crippen LogP contribution in [0.4, 0.5) is 0 Å². The third kappa shape index (κ3) is 3.17. The second kappa shape index (κ2) is 5.46. The van der Waals surface area contributed by atoms with Gasteiger partial charge in [-0.3, -0.25) is 4.79 Å². The van der Waals surface area contributed by atoms with Gasteiger partial charge in [-0.25, -0.2) is 0 Å². The summed E-state index contributed by atoms with van der Waals surface area (Å²) in [7, 11) is 1.58. The first-order valence-electron chi connectivity index (χ1n) is 4.54. The zero-order chi connectivity index (χ0) is 11.4.